The lowest BCUT2D eigenvalue weighted by molar-refractivity contribution is -0.177. The van der Waals surface area contributed by atoms with Crippen LogP contribution < -0.4 is 4.74 Å². The minimum absolute atomic E-state index is 0.0235. The third-order valence-electron chi connectivity index (χ3n) is 6.20. The van der Waals surface area contributed by atoms with E-state index < -0.39 is 5.60 Å². The maximum absolute atomic E-state index is 12.4. The van der Waals surface area contributed by atoms with Crippen LogP contribution >= 0.6 is 0 Å². The summed E-state index contributed by atoms with van der Waals surface area (Å²) in [5.41, 5.74) is 0.397. The highest BCUT2D eigenvalue weighted by molar-refractivity contribution is 5.70. The van der Waals surface area contributed by atoms with E-state index in [9.17, 15) is 9.90 Å². The highest BCUT2D eigenvalue weighted by atomic mass is 16.5. The molecule has 24 heavy (non-hydrogen) atoms. The molecular weight excluding hydrogens is 304 g/mol. The van der Waals surface area contributed by atoms with Gasteiger partial charge in [-0.1, -0.05) is 12.1 Å². The van der Waals surface area contributed by atoms with Gasteiger partial charge in [-0.2, -0.15) is 0 Å². The normalized spacial score (nSPS) is 36.6. The number of rotatable bonds is 5. The van der Waals surface area contributed by atoms with E-state index in [1.54, 1.807) is 7.11 Å². The van der Waals surface area contributed by atoms with Gasteiger partial charge in [0.2, 0.25) is 0 Å². The summed E-state index contributed by atoms with van der Waals surface area (Å²) in [5.74, 6) is 1.83. The first-order valence-electron chi connectivity index (χ1n) is 8.99. The maximum Gasteiger partial charge on any atom is 0.306 e. The van der Waals surface area contributed by atoms with Crippen LogP contribution in [0.3, 0.4) is 0 Å². The van der Waals surface area contributed by atoms with Gasteiger partial charge in [0.15, 0.2) is 0 Å². The summed E-state index contributed by atoms with van der Waals surface area (Å²) < 4.78 is 10.7. The fraction of sp³-hybridized carbons (Fsp3) is 0.650. The van der Waals surface area contributed by atoms with Crippen molar-refractivity contribution in [3.05, 3.63) is 29.8 Å². The summed E-state index contributed by atoms with van der Waals surface area (Å²) in [6.45, 7) is 0.281. The van der Waals surface area contributed by atoms with Gasteiger partial charge in [-0.05, 0) is 73.5 Å². The first-order chi connectivity index (χ1) is 11.5. The zero-order valence-electron chi connectivity index (χ0n) is 14.3. The maximum atomic E-state index is 12.4. The SMILES string of the molecule is COc1cccc(COC(=O)CC23CC4CC(CC(O)(C4)C2)C3)c1. The topological polar surface area (TPSA) is 55.8 Å². The van der Waals surface area contributed by atoms with E-state index in [0.717, 1.165) is 43.4 Å². The Morgan fingerprint density at radius 1 is 1.25 bits per heavy atom. The number of methoxy groups -OCH3 is 1. The largest absolute Gasteiger partial charge is 0.497 e. The third kappa shape index (κ3) is 3.04. The first-order valence-corrected chi connectivity index (χ1v) is 8.99. The summed E-state index contributed by atoms with van der Waals surface area (Å²) in [7, 11) is 1.63. The summed E-state index contributed by atoms with van der Waals surface area (Å²) >= 11 is 0. The van der Waals surface area contributed by atoms with Crippen molar-refractivity contribution in [1.29, 1.82) is 0 Å². The molecule has 130 valence electrons. The molecule has 4 aliphatic rings. The molecule has 1 aromatic rings. The molecule has 2 atom stereocenters. The van der Waals surface area contributed by atoms with Gasteiger partial charge in [-0.25, -0.2) is 0 Å². The van der Waals surface area contributed by atoms with E-state index in [-0.39, 0.29) is 18.0 Å². The van der Waals surface area contributed by atoms with Gasteiger partial charge in [-0.3, -0.25) is 4.79 Å². The predicted molar refractivity (Wildman–Crippen MR) is 89.5 cm³/mol. The van der Waals surface area contributed by atoms with E-state index >= 15 is 0 Å². The van der Waals surface area contributed by atoms with E-state index in [0.29, 0.717) is 18.3 Å². The molecule has 2 unspecified atom stereocenters. The Hall–Kier alpha value is -1.55. The number of hydrogen-bond donors (Lipinski definition) is 1. The van der Waals surface area contributed by atoms with Crippen LogP contribution in [0.4, 0.5) is 0 Å². The number of esters is 1. The van der Waals surface area contributed by atoms with Crippen molar-refractivity contribution in [1.82, 2.24) is 0 Å². The average molecular weight is 330 g/mol. The van der Waals surface area contributed by atoms with Crippen molar-refractivity contribution >= 4 is 5.97 Å². The minimum Gasteiger partial charge on any atom is -0.497 e. The van der Waals surface area contributed by atoms with Crippen molar-refractivity contribution in [3.8, 4) is 5.75 Å². The molecule has 0 amide bonds. The first kappa shape index (κ1) is 15.9. The molecule has 4 saturated carbocycles. The van der Waals surface area contributed by atoms with Crippen LogP contribution in [0.2, 0.25) is 0 Å². The monoisotopic (exact) mass is 330 g/mol. The Balaban J connectivity index is 1.38. The van der Waals surface area contributed by atoms with Crippen LogP contribution in [0.1, 0.15) is 50.5 Å². The molecule has 1 aromatic carbocycles. The Morgan fingerprint density at radius 3 is 2.67 bits per heavy atom. The third-order valence-corrected chi connectivity index (χ3v) is 6.20. The van der Waals surface area contributed by atoms with Crippen LogP contribution in [0.25, 0.3) is 0 Å². The molecule has 4 heteroatoms. The summed E-state index contributed by atoms with van der Waals surface area (Å²) in [6.07, 6.45) is 6.50. The number of carbonyl (C=O) groups excluding carboxylic acids is 1. The van der Waals surface area contributed by atoms with Gasteiger partial charge in [0.05, 0.1) is 19.1 Å². The molecular formula is C20H26O4. The summed E-state index contributed by atoms with van der Waals surface area (Å²) in [4.78, 5) is 12.4. The molecule has 4 bridgehead atoms. The zero-order valence-corrected chi connectivity index (χ0v) is 14.3. The number of carbonyl (C=O) groups is 1. The molecule has 4 fully saturated rings. The quantitative estimate of drug-likeness (QED) is 0.840. The van der Waals surface area contributed by atoms with Crippen LogP contribution in [-0.4, -0.2) is 23.8 Å². The molecule has 0 spiro atoms. The van der Waals surface area contributed by atoms with Crippen molar-refractivity contribution in [3.63, 3.8) is 0 Å². The second-order valence-corrected chi connectivity index (χ2v) is 8.37. The number of aliphatic hydroxyl groups is 1. The van der Waals surface area contributed by atoms with Crippen LogP contribution in [0.5, 0.6) is 5.75 Å². The van der Waals surface area contributed by atoms with E-state index in [2.05, 4.69) is 0 Å². The highest BCUT2D eigenvalue weighted by Gasteiger charge is 2.57. The Kier molecular flexibility index (Phi) is 3.83. The predicted octanol–water partition coefficient (Wildman–Crippen LogP) is 3.46. The van der Waals surface area contributed by atoms with E-state index in [1.165, 1.54) is 6.42 Å². The Labute approximate surface area is 143 Å². The molecule has 4 nitrogen and oxygen atoms in total. The van der Waals surface area contributed by atoms with Gasteiger partial charge in [0.1, 0.15) is 12.4 Å². The minimum atomic E-state index is -0.517. The molecule has 0 heterocycles. The molecule has 4 aliphatic carbocycles. The summed E-state index contributed by atoms with van der Waals surface area (Å²) in [6, 6.07) is 7.60. The highest BCUT2D eigenvalue weighted by Crippen LogP contribution is 2.62. The van der Waals surface area contributed by atoms with Gasteiger partial charge in [0, 0.05) is 0 Å². The molecule has 0 radical (unpaired) electrons. The lowest BCUT2D eigenvalue weighted by Gasteiger charge is -2.60. The fourth-order valence-electron chi connectivity index (χ4n) is 5.89. The Bertz CT molecular complexity index is 624. The van der Waals surface area contributed by atoms with Gasteiger partial charge in [0.25, 0.3) is 0 Å². The number of ether oxygens (including phenoxy) is 2. The lowest BCUT2D eigenvalue weighted by atomic mass is 9.47. The fourth-order valence-corrected chi connectivity index (χ4v) is 5.89. The van der Waals surface area contributed by atoms with Gasteiger partial charge < -0.3 is 14.6 Å². The van der Waals surface area contributed by atoms with Crippen LogP contribution in [0.15, 0.2) is 24.3 Å². The number of benzene rings is 1. The lowest BCUT2D eigenvalue weighted by Crippen LogP contribution is -2.56. The second-order valence-electron chi connectivity index (χ2n) is 8.37. The van der Waals surface area contributed by atoms with Gasteiger partial charge >= 0.3 is 5.97 Å². The molecule has 1 N–H and O–H groups in total. The van der Waals surface area contributed by atoms with Crippen molar-refractivity contribution in [2.75, 3.05) is 7.11 Å². The molecule has 0 saturated heterocycles. The van der Waals surface area contributed by atoms with Gasteiger partial charge in [-0.15, -0.1) is 0 Å². The zero-order chi connectivity index (χ0) is 16.8. The molecule has 0 aromatic heterocycles. The van der Waals surface area contributed by atoms with Crippen molar-refractivity contribution in [2.45, 2.75) is 57.2 Å². The van der Waals surface area contributed by atoms with Crippen LogP contribution in [0, 0.1) is 17.3 Å². The van der Waals surface area contributed by atoms with E-state index in [4.69, 9.17) is 9.47 Å². The molecule has 0 aliphatic heterocycles. The van der Waals surface area contributed by atoms with Crippen molar-refractivity contribution in [2.24, 2.45) is 17.3 Å². The average Bonchev–Trinajstić information content (AvgIpc) is 2.50. The van der Waals surface area contributed by atoms with Crippen LogP contribution in [-0.2, 0) is 16.1 Å². The Morgan fingerprint density at radius 2 is 2.00 bits per heavy atom. The summed E-state index contributed by atoms with van der Waals surface area (Å²) in [5, 5.41) is 10.8. The smallest absolute Gasteiger partial charge is 0.306 e. The number of hydrogen-bond acceptors (Lipinski definition) is 4. The second kappa shape index (κ2) is 5.76. The molecule has 5 rings (SSSR count). The van der Waals surface area contributed by atoms with E-state index in [1.807, 2.05) is 24.3 Å². The van der Waals surface area contributed by atoms with Crippen molar-refractivity contribution < 1.29 is 19.4 Å². The standard InChI is InChI=1S/C20H26O4/c1-23-17-4-2-3-14(6-17)12-24-18(21)11-19-7-15-5-16(8-19)10-20(22,9-15)13-19/h2-4,6,15-16,22H,5,7-13H2,1H3.